The van der Waals surface area contributed by atoms with Crippen molar-refractivity contribution in [3.63, 3.8) is 0 Å². The quantitative estimate of drug-likeness (QED) is 0.275. The van der Waals surface area contributed by atoms with Gasteiger partial charge in [0.15, 0.2) is 10.6 Å². The topological polar surface area (TPSA) is 81.9 Å². The number of nitrogens with zero attached hydrogens (tertiary/aromatic N) is 2. The Hall–Kier alpha value is -4.17. The van der Waals surface area contributed by atoms with Gasteiger partial charge in [-0.25, -0.2) is 4.98 Å². The van der Waals surface area contributed by atoms with Gasteiger partial charge in [0.1, 0.15) is 23.1 Å². The molecule has 0 bridgehead atoms. The zero-order valence-electron chi connectivity index (χ0n) is 20.8. The maximum Gasteiger partial charge on any atom is 0.297 e. The van der Waals surface area contributed by atoms with Crippen LogP contribution in [0.15, 0.2) is 69.9 Å². The van der Waals surface area contributed by atoms with Crippen LogP contribution in [0, 0.1) is 0 Å². The number of thiazole rings is 1. The molecule has 0 radical (unpaired) electrons. The molecule has 0 saturated carbocycles. The Morgan fingerprint density at radius 3 is 2.57 bits per heavy atom. The number of anilines is 1. The molecule has 1 amide bonds. The molecular weight excluding hydrogens is 488 g/mol. The number of methoxy groups -OCH3 is 2. The number of amides is 1. The second kappa shape index (κ2) is 8.74. The van der Waals surface area contributed by atoms with Crippen LogP contribution in [0.5, 0.6) is 11.5 Å². The third-order valence-corrected chi connectivity index (χ3v) is 7.80. The average molecular weight is 513 g/mol. The van der Waals surface area contributed by atoms with Gasteiger partial charge < -0.3 is 13.9 Å². The van der Waals surface area contributed by atoms with E-state index in [0.29, 0.717) is 39.1 Å². The number of rotatable bonds is 5. The number of carbonyl (C=O) groups is 1. The number of para-hydroxylation sites is 1. The van der Waals surface area contributed by atoms with Gasteiger partial charge in [-0.3, -0.25) is 14.5 Å². The Kier molecular flexibility index (Phi) is 5.49. The molecule has 0 N–H and O–H groups in total. The minimum Gasteiger partial charge on any atom is -0.497 e. The second-order valence-corrected chi connectivity index (χ2v) is 10.2. The summed E-state index contributed by atoms with van der Waals surface area (Å²) < 4.78 is 18.2. The van der Waals surface area contributed by atoms with E-state index >= 15 is 0 Å². The Balaban J connectivity index is 1.64. The van der Waals surface area contributed by atoms with E-state index in [4.69, 9.17) is 18.9 Å². The molecule has 186 valence electrons. The highest BCUT2D eigenvalue weighted by molar-refractivity contribution is 7.22. The van der Waals surface area contributed by atoms with Crippen LogP contribution >= 0.6 is 11.3 Å². The van der Waals surface area contributed by atoms with Crippen molar-refractivity contribution in [2.75, 3.05) is 19.1 Å². The molecule has 1 aliphatic rings. The number of fused-ring (bicyclic) bond motifs is 3. The van der Waals surface area contributed by atoms with E-state index in [-0.39, 0.29) is 16.8 Å². The fourth-order valence-corrected chi connectivity index (χ4v) is 5.90. The van der Waals surface area contributed by atoms with Crippen molar-refractivity contribution in [1.82, 2.24) is 4.98 Å². The molecule has 3 heterocycles. The number of hydrogen-bond acceptors (Lipinski definition) is 7. The summed E-state index contributed by atoms with van der Waals surface area (Å²) >= 11 is 1.41. The van der Waals surface area contributed by atoms with Crippen molar-refractivity contribution in [2.45, 2.75) is 25.8 Å². The molecule has 7 nitrogen and oxygen atoms in total. The lowest BCUT2D eigenvalue weighted by Gasteiger charge is -2.24. The first-order valence-electron chi connectivity index (χ1n) is 11.9. The third-order valence-electron chi connectivity index (χ3n) is 6.78. The highest BCUT2D eigenvalue weighted by Gasteiger charge is 2.46. The summed E-state index contributed by atoms with van der Waals surface area (Å²) in [5.41, 5.74) is 2.95. The van der Waals surface area contributed by atoms with Crippen LogP contribution in [0.2, 0.25) is 0 Å². The van der Waals surface area contributed by atoms with Gasteiger partial charge in [-0.15, -0.1) is 0 Å². The van der Waals surface area contributed by atoms with Crippen LogP contribution in [0.3, 0.4) is 0 Å². The van der Waals surface area contributed by atoms with Crippen molar-refractivity contribution in [2.24, 2.45) is 0 Å². The molecule has 6 rings (SSSR count). The lowest BCUT2D eigenvalue weighted by atomic mass is 9.97. The smallest absolute Gasteiger partial charge is 0.297 e. The molecule has 1 atom stereocenters. The zero-order valence-corrected chi connectivity index (χ0v) is 21.6. The van der Waals surface area contributed by atoms with Crippen LogP contribution in [0.4, 0.5) is 5.13 Å². The number of benzene rings is 3. The minimum atomic E-state index is -0.807. The van der Waals surface area contributed by atoms with Crippen molar-refractivity contribution >= 4 is 43.6 Å². The fraction of sp³-hybridized carbons (Fsp3) is 0.207. The van der Waals surface area contributed by atoms with Crippen LogP contribution < -0.4 is 19.8 Å². The molecule has 0 fully saturated rings. The van der Waals surface area contributed by atoms with Crippen LogP contribution in [0.1, 0.15) is 53.1 Å². The molecule has 0 unspecified atom stereocenters. The molecule has 2 aromatic heterocycles. The van der Waals surface area contributed by atoms with Crippen molar-refractivity contribution < 1.29 is 18.7 Å². The van der Waals surface area contributed by atoms with Crippen molar-refractivity contribution in [3.8, 4) is 11.5 Å². The Morgan fingerprint density at radius 1 is 1.00 bits per heavy atom. The molecule has 0 spiro atoms. The Labute approximate surface area is 216 Å². The molecule has 0 aliphatic carbocycles. The zero-order chi connectivity index (χ0) is 25.8. The number of ether oxygens (including phenoxy) is 2. The van der Waals surface area contributed by atoms with Crippen molar-refractivity contribution in [3.05, 3.63) is 93.3 Å². The summed E-state index contributed by atoms with van der Waals surface area (Å²) in [6.45, 7) is 4.27. The van der Waals surface area contributed by atoms with E-state index in [1.165, 1.54) is 16.9 Å². The SMILES string of the molecule is COc1ccc(OC)c([C@@H]2c3c(oc4ccccc4c3=O)C(=O)N2c2nc3ccc(C(C)C)cc3s2)c1. The summed E-state index contributed by atoms with van der Waals surface area (Å²) in [5.74, 6) is 1.05. The number of carbonyl (C=O) groups excluding carboxylic acids is 1. The van der Waals surface area contributed by atoms with E-state index in [2.05, 4.69) is 26.0 Å². The van der Waals surface area contributed by atoms with Gasteiger partial charge in [0, 0.05) is 5.56 Å². The first-order valence-corrected chi connectivity index (χ1v) is 12.7. The molecule has 0 saturated heterocycles. The third kappa shape index (κ3) is 3.59. The summed E-state index contributed by atoms with van der Waals surface area (Å²) in [7, 11) is 3.13. The first-order chi connectivity index (χ1) is 17.9. The van der Waals surface area contributed by atoms with E-state index < -0.39 is 11.9 Å². The predicted molar refractivity (Wildman–Crippen MR) is 144 cm³/mol. The van der Waals surface area contributed by atoms with Gasteiger partial charge in [-0.05, 0) is 53.9 Å². The minimum absolute atomic E-state index is 0.0145. The van der Waals surface area contributed by atoms with Gasteiger partial charge in [0.25, 0.3) is 5.91 Å². The standard InChI is InChI=1S/C29H24N2O5S/c1-15(2)16-9-11-20-23(13-16)37-29(30-20)31-25(19-14-17(34-3)10-12-21(19)35-4)24-26(32)18-7-5-6-8-22(18)36-27(24)28(31)33/h5-15,25H,1-4H3/t25-/m1/s1. The Morgan fingerprint density at radius 2 is 1.81 bits per heavy atom. The van der Waals surface area contributed by atoms with Crippen molar-refractivity contribution in [1.29, 1.82) is 0 Å². The van der Waals surface area contributed by atoms with Gasteiger partial charge >= 0.3 is 0 Å². The summed E-state index contributed by atoms with van der Waals surface area (Å²) in [5, 5.41) is 0.888. The summed E-state index contributed by atoms with van der Waals surface area (Å²) in [4.78, 5) is 34.2. The van der Waals surface area contributed by atoms with E-state index in [9.17, 15) is 9.59 Å². The highest BCUT2D eigenvalue weighted by atomic mass is 32.1. The molecule has 37 heavy (non-hydrogen) atoms. The first kappa shape index (κ1) is 23.2. The van der Waals surface area contributed by atoms with Gasteiger partial charge in [0.2, 0.25) is 5.76 Å². The summed E-state index contributed by atoms with van der Waals surface area (Å²) in [6, 6.07) is 17.6. The lowest BCUT2D eigenvalue weighted by Crippen LogP contribution is -2.29. The van der Waals surface area contributed by atoms with Crippen LogP contribution in [-0.2, 0) is 0 Å². The highest BCUT2D eigenvalue weighted by Crippen LogP contribution is 2.46. The predicted octanol–water partition coefficient (Wildman–Crippen LogP) is 6.29. The van der Waals surface area contributed by atoms with Gasteiger partial charge in [-0.1, -0.05) is 43.4 Å². The van der Waals surface area contributed by atoms with Crippen LogP contribution in [0.25, 0.3) is 21.2 Å². The average Bonchev–Trinajstić information content (AvgIpc) is 3.46. The second-order valence-electron chi connectivity index (χ2n) is 9.23. The Bertz CT molecular complexity index is 1750. The maximum absolute atomic E-state index is 14.0. The largest absolute Gasteiger partial charge is 0.497 e. The number of hydrogen-bond donors (Lipinski definition) is 0. The molecule has 5 aromatic rings. The van der Waals surface area contributed by atoms with Gasteiger partial charge in [-0.2, -0.15) is 0 Å². The van der Waals surface area contributed by atoms with Gasteiger partial charge in [0.05, 0.1) is 35.4 Å². The lowest BCUT2D eigenvalue weighted by molar-refractivity contribution is 0.0971. The van der Waals surface area contributed by atoms with E-state index in [0.717, 1.165) is 10.2 Å². The molecule has 1 aliphatic heterocycles. The van der Waals surface area contributed by atoms with E-state index in [1.54, 1.807) is 61.6 Å². The fourth-order valence-electron chi connectivity index (χ4n) is 4.86. The summed E-state index contributed by atoms with van der Waals surface area (Å²) in [6.07, 6.45) is 0. The van der Waals surface area contributed by atoms with Crippen LogP contribution in [-0.4, -0.2) is 25.1 Å². The molecule has 8 heteroatoms. The molecular formula is C29H24N2O5S. The normalized spacial score (nSPS) is 15.1. The number of aromatic nitrogens is 1. The maximum atomic E-state index is 14.0. The molecule has 3 aromatic carbocycles. The monoisotopic (exact) mass is 512 g/mol. The van der Waals surface area contributed by atoms with E-state index in [1.807, 2.05) is 6.07 Å².